The average molecular weight is 424 g/mol. The summed E-state index contributed by atoms with van der Waals surface area (Å²) in [6.07, 6.45) is 3.68. The molecule has 1 heterocycles. The van der Waals surface area contributed by atoms with Crippen LogP contribution in [0.2, 0.25) is 0 Å². The molecular weight excluding hydrogens is 398 g/mol. The Balaban J connectivity index is 1.33. The minimum absolute atomic E-state index is 0.0265. The van der Waals surface area contributed by atoms with Crippen molar-refractivity contribution in [1.29, 1.82) is 0 Å². The highest BCUT2D eigenvalue weighted by molar-refractivity contribution is 7.99. The molecular formula is C22H25N5O2S. The lowest BCUT2D eigenvalue weighted by molar-refractivity contribution is -0.119. The molecule has 30 heavy (non-hydrogen) atoms. The van der Waals surface area contributed by atoms with Gasteiger partial charge in [-0.2, -0.15) is 0 Å². The number of nitrogens with two attached hydrogens (primary N) is 1. The van der Waals surface area contributed by atoms with E-state index in [1.165, 1.54) is 27.6 Å². The molecule has 1 amide bonds. The monoisotopic (exact) mass is 423 g/mol. The molecule has 1 aliphatic rings. The quantitative estimate of drug-likeness (QED) is 0.448. The maximum Gasteiger partial charge on any atom is 0.230 e. The van der Waals surface area contributed by atoms with Gasteiger partial charge in [0.05, 0.1) is 18.9 Å². The molecule has 7 nitrogen and oxygen atoms in total. The van der Waals surface area contributed by atoms with Crippen LogP contribution in [0.4, 0.5) is 0 Å². The molecule has 0 saturated heterocycles. The molecule has 0 bridgehead atoms. The molecule has 0 saturated carbocycles. The first-order valence-electron chi connectivity index (χ1n) is 9.96. The lowest BCUT2D eigenvalue weighted by Gasteiger charge is -2.26. The molecule has 3 aromatic rings. The first-order chi connectivity index (χ1) is 14.6. The normalized spacial score (nSPS) is 15.4. The molecule has 0 radical (unpaired) electrons. The number of carbonyl (C=O) groups excluding carboxylic acids is 1. The van der Waals surface area contributed by atoms with Crippen LogP contribution >= 0.6 is 11.8 Å². The van der Waals surface area contributed by atoms with Crippen LogP contribution in [0.5, 0.6) is 5.75 Å². The Labute approximate surface area is 180 Å². The second kappa shape index (κ2) is 9.21. The number of nitrogens with zero attached hydrogens (tertiary/aromatic N) is 3. The van der Waals surface area contributed by atoms with Crippen LogP contribution in [0.1, 0.15) is 41.4 Å². The van der Waals surface area contributed by atoms with Crippen LogP contribution in [0.25, 0.3) is 0 Å². The lowest BCUT2D eigenvalue weighted by atomic mass is 9.88. The zero-order valence-corrected chi connectivity index (χ0v) is 17.7. The van der Waals surface area contributed by atoms with E-state index in [1.807, 2.05) is 30.3 Å². The summed E-state index contributed by atoms with van der Waals surface area (Å²) < 4.78 is 6.63. The van der Waals surface area contributed by atoms with E-state index >= 15 is 0 Å². The number of fused-ring (bicyclic) bond motifs is 1. The highest BCUT2D eigenvalue weighted by Gasteiger charge is 2.22. The van der Waals surface area contributed by atoms with Crippen LogP contribution in [0.3, 0.4) is 0 Å². The number of methoxy groups -OCH3 is 1. The van der Waals surface area contributed by atoms with Gasteiger partial charge in [-0.25, -0.2) is 4.68 Å². The van der Waals surface area contributed by atoms with Gasteiger partial charge in [-0.15, -0.1) is 10.2 Å². The van der Waals surface area contributed by atoms with Crippen LogP contribution < -0.4 is 15.9 Å². The molecule has 1 atom stereocenters. The van der Waals surface area contributed by atoms with Gasteiger partial charge in [-0.1, -0.05) is 48.2 Å². The molecule has 156 valence electrons. The van der Waals surface area contributed by atoms with Gasteiger partial charge >= 0.3 is 0 Å². The van der Waals surface area contributed by atoms with Gasteiger partial charge in [-0.3, -0.25) is 4.79 Å². The number of aromatic nitrogens is 3. The van der Waals surface area contributed by atoms with Crippen molar-refractivity contribution < 1.29 is 9.53 Å². The fraction of sp³-hybridized carbons (Fsp3) is 0.318. The molecule has 4 rings (SSSR count). The Morgan fingerprint density at radius 3 is 2.83 bits per heavy atom. The molecule has 1 aliphatic carbocycles. The smallest absolute Gasteiger partial charge is 0.230 e. The maximum absolute atomic E-state index is 12.5. The SMILES string of the molecule is COc1ccc(Cc2nnc(SCC(=O)N[C@H]3CCCc4ccccc43)n2N)cc1. The topological polar surface area (TPSA) is 95.1 Å². The highest BCUT2D eigenvalue weighted by Crippen LogP contribution is 2.29. The van der Waals surface area contributed by atoms with Crippen molar-refractivity contribution in [2.24, 2.45) is 0 Å². The van der Waals surface area contributed by atoms with E-state index in [-0.39, 0.29) is 17.7 Å². The Hall–Kier alpha value is -3.00. The van der Waals surface area contributed by atoms with Crippen LogP contribution in [0, 0.1) is 0 Å². The zero-order chi connectivity index (χ0) is 20.9. The number of thioether (sulfide) groups is 1. The molecule has 8 heteroatoms. The predicted molar refractivity (Wildman–Crippen MR) is 117 cm³/mol. The Bertz CT molecular complexity index is 1020. The summed E-state index contributed by atoms with van der Waals surface area (Å²) in [5.41, 5.74) is 3.61. The van der Waals surface area contributed by atoms with E-state index in [9.17, 15) is 4.79 Å². The Morgan fingerprint density at radius 1 is 1.23 bits per heavy atom. The molecule has 1 aromatic heterocycles. The van der Waals surface area contributed by atoms with E-state index in [0.29, 0.717) is 17.4 Å². The summed E-state index contributed by atoms with van der Waals surface area (Å²) in [4.78, 5) is 12.5. The third kappa shape index (κ3) is 4.59. The summed E-state index contributed by atoms with van der Waals surface area (Å²) in [6.45, 7) is 0. The number of ether oxygens (including phenoxy) is 1. The fourth-order valence-electron chi connectivity index (χ4n) is 3.72. The van der Waals surface area contributed by atoms with Crippen LogP contribution in [-0.2, 0) is 17.6 Å². The van der Waals surface area contributed by atoms with E-state index < -0.39 is 0 Å². The van der Waals surface area contributed by atoms with Crippen molar-refractivity contribution in [1.82, 2.24) is 20.2 Å². The second-order valence-electron chi connectivity index (χ2n) is 7.29. The van der Waals surface area contributed by atoms with Gasteiger partial charge in [0.2, 0.25) is 11.1 Å². The number of nitrogens with one attached hydrogen (secondary N) is 1. The van der Waals surface area contributed by atoms with E-state index in [4.69, 9.17) is 10.6 Å². The Kier molecular flexibility index (Phi) is 6.23. The third-order valence-corrected chi connectivity index (χ3v) is 6.24. The largest absolute Gasteiger partial charge is 0.497 e. The fourth-order valence-corrected chi connectivity index (χ4v) is 4.41. The van der Waals surface area contributed by atoms with Crippen molar-refractivity contribution in [2.45, 2.75) is 36.9 Å². The summed E-state index contributed by atoms with van der Waals surface area (Å²) in [7, 11) is 1.64. The first-order valence-corrected chi connectivity index (χ1v) is 10.9. The molecule has 2 aromatic carbocycles. The van der Waals surface area contributed by atoms with Crippen molar-refractivity contribution in [2.75, 3.05) is 18.7 Å². The second-order valence-corrected chi connectivity index (χ2v) is 8.24. The van der Waals surface area contributed by atoms with Gasteiger partial charge in [0.15, 0.2) is 5.82 Å². The first kappa shape index (κ1) is 20.3. The van der Waals surface area contributed by atoms with Gasteiger partial charge in [0.1, 0.15) is 5.75 Å². The van der Waals surface area contributed by atoms with Gasteiger partial charge < -0.3 is 15.9 Å². The molecule has 0 unspecified atom stereocenters. The number of amides is 1. The van der Waals surface area contributed by atoms with Crippen LogP contribution in [-0.4, -0.2) is 33.6 Å². The molecule has 0 spiro atoms. The van der Waals surface area contributed by atoms with Gasteiger partial charge in [0, 0.05) is 6.42 Å². The highest BCUT2D eigenvalue weighted by atomic mass is 32.2. The molecule has 0 fully saturated rings. The molecule has 0 aliphatic heterocycles. The number of benzene rings is 2. The van der Waals surface area contributed by atoms with Gasteiger partial charge in [-0.05, 0) is 48.1 Å². The van der Waals surface area contributed by atoms with Crippen molar-refractivity contribution in [3.8, 4) is 5.75 Å². The summed E-state index contributed by atoms with van der Waals surface area (Å²) >= 11 is 1.29. The molecule has 3 N–H and O–H groups in total. The number of hydrogen-bond donors (Lipinski definition) is 2. The lowest BCUT2D eigenvalue weighted by Crippen LogP contribution is -2.32. The zero-order valence-electron chi connectivity index (χ0n) is 16.9. The third-order valence-electron chi connectivity index (χ3n) is 5.29. The number of carbonyl (C=O) groups is 1. The minimum atomic E-state index is -0.0265. The number of rotatable bonds is 7. The Morgan fingerprint density at radius 2 is 2.03 bits per heavy atom. The number of hydrogen-bond acceptors (Lipinski definition) is 6. The van der Waals surface area contributed by atoms with E-state index in [1.54, 1.807) is 7.11 Å². The van der Waals surface area contributed by atoms with Crippen molar-refractivity contribution in [3.63, 3.8) is 0 Å². The summed E-state index contributed by atoms with van der Waals surface area (Å²) in [6, 6.07) is 16.1. The van der Waals surface area contributed by atoms with Crippen LogP contribution in [0.15, 0.2) is 53.7 Å². The minimum Gasteiger partial charge on any atom is -0.497 e. The maximum atomic E-state index is 12.5. The predicted octanol–water partition coefficient (Wildman–Crippen LogP) is 2.88. The standard InChI is InChI=1S/C22H25N5O2S/c1-29-17-11-9-15(10-12-17)13-20-25-26-22(27(20)23)30-14-21(28)24-19-8-4-6-16-5-2-3-7-18(16)19/h2-3,5,7,9-12,19H,4,6,8,13-14,23H2,1H3,(H,24,28)/t19-/m0/s1. The summed E-state index contributed by atoms with van der Waals surface area (Å²) in [5.74, 6) is 7.82. The summed E-state index contributed by atoms with van der Waals surface area (Å²) in [5, 5.41) is 12.0. The van der Waals surface area contributed by atoms with Gasteiger partial charge in [0.25, 0.3) is 0 Å². The van der Waals surface area contributed by atoms with Crippen molar-refractivity contribution in [3.05, 3.63) is 71.0 Å². The number of aryl methyl sites for hydroxylation is 1. The van der Waals surface area contributed by atoms with E-state index in [0.717, 1.165) is 30.6 Å². The average Bonchev–Trinajstić information content (AvgIpc) is 3.12. The number of nitrogen functional groups attached to an aromatic ring is 1. The van der Waals surface area contributed by atoms with Crippen molar-refractivity contribution >= 4 is 17.7 Å². The van der Waals surface area contributed by atoms with E-state index in [2.05, 4.69) is 33.7 Å².